The smallest absolute Gasteiger partial charge is 0.335 e. The highest BCUT2D eigenvalue weighted by atomic mass is 32.1. The molecule has 256 valence electrons. The Labute approximate surface area is 282 Å². The maximum absolute atomic E-state index is 13.8. The van der Waals surface area contributed by atoms with Crippen molar-refractivity contribution in [3.05, 3.63) is 59.1 Å². The van der Waals surface area contributed by atoms with E-state index >= 15 is 0 Å². The lowest BCUT2D eigenvalue weighted by Crippen LogP contribution is -2.57. The van der Waals surface area contributed by atoms with Crippen molar-refractivity contribution in [1.29, 1.82) is 0 Å². The van der Waals surface area contributed by atoms with Crippen LogP contribution in [0.5, 0.6) is 5.75 Å². The normalized spacial score (nSPS) is 16.2. The van der Waals surface area contributed by atoms with Crippen molar-refractivity contribution in [2.75, 3.05) is 13.2 Å². The number of para-hydroxylation sites is 1. The van der Waals surface area contributed by atoms with Crippen LogP contribution in [-0.4, -0.2) is 76.7 Å². The molecule has 3 aromatic rings. The van der Waals surface area contributed by atoms with Crippen LogP contribution in [0.3, 0.4) is 0 Å². The summed E-state index contributed by atoms with van der Waals surface area (Å²) in [7, 11) is 0. The second kappa shape index (κ2) is 16.3. The molecule has 13 nitrogen and oxygen atoms in total. The van der Waals surface area contributed by atoms with Gasteiger partial charge in [0.1, 0.15) is 17.8 Å². The summed E-state index contributed by atoms with van der Waals surface area (Å²) < 4.78 is 6.27. The summed E-state index contributed by atoms with van der Waals surface area (Å²) in [6.45, 7) is 7.32. The number of ketones is 1. The number of ether oxygens (including phenoxy) is 1. The highest BCUT2D eigenvalue weighted by molar-refractivity contribution is 7.20. The van der Waals surface area contributed by atoms with Gasteiger partial charge in [-0.25, -0.2) is 9.78 Å². The van der Waals surface area contributed by atoms with E-state index in [9.17, 15) is 28.8 Å². The molecule has 0 radical (unpaired) electrons. The number of aromatic carboxylic acids is 1. The fourth-order valence-electron chi connectivity index (χ4n) is 5.34. The summed E-state index contributed by atoms with van der Waals surface area (Å²) in [6, 6.07) is 9.74. The number of carbonyl (C=O) groups excluding carboxylic acids is 5. The van der Waals surface area contributed by atoms with Crippen molar-refractivity contribution >= 4 is 56.9 Å². The maximum Gasteiger partial charge on any atom is 0.335 e. The van der Waals surface area contributed by atoms with Gasteiger partial charge in [0.25, 0.3) is 5.91 Å². The van der Waals surface area contributed by atoms with Gasteiger partial charge in [-0.2, -0.15) is 0 Å². The fourth-order valence-corrected chi connectivity index (χ4v) is 6.30. The molecule has 0 spiro atoms. The van der Waals surface area contributed by atoms with Crippen molar-refractivity contribution in [3.8, 4) is 5.75 Å². The Hall–Kier alpha value is -4.85. The molecule has 2 heterocycles. The third-order valence-electron chi connectivity index (χ3n) is 7.90. The molecule has 1 aliphatic heterocycles. The number of hydrogen-bond acceptors (Lipinski definition) is 9. The SMILES string of the molecule is CC(C)C[C@H](NC(=O)[C@@H](NC(=O)COc1ccc(C(=O)O)cc1)C(C)C)C(=O)N[C@@H](C[C@@H]1CCNC1=O)C(=O)c1nc2ccccc2s1. The Morgan fingerprint density at radius 3 is 2.25 bits per heavy atom. The Kier molecular flexibility index (Phi) is 12.2. The van der Waals surface area contributed by atoms with Crippen LogP contribution in [0.4, 0.5) is 0 Å². The Bertz CT molecular complexity index is 1620. The van der Waals surface area contributed by atoms with E-state index in [2.05, 4.69) is 26.3 Å². The highest BCUT2D eigenvalue weighted by Crippen LogP contribution is 2.25. The van der Waals surface area contributed by atoms with Gasteiger partial charge >= 0.3 is 5.97 Å². The molecule has 14 heteroatoms. The van der Waals surface area contributed by atoms with Gasteiger partial charge in [-0.3, -0.25) is 24.0 Å². The lowest BCUT2D eigenvalue weighted by Gasteiger charge is -2.27. The Morgan fingerprint density at radius 1 is 0.958 bits per heavy atom. The van der Waals surface area contributed by atoms with Crippen molar-refractivity contribution in [1.82, 2.24) is 26.3 Å². The third-order valence-corrected chi connectivity index (χ3v) is 8.95. The number of nitrogens with zero attached hydrogens (tertiary/aromatic N) is 1. The molecular formula is C34H41N5O8S. The number of benzene rings is 2. The molecule has 0 saturated carbocycles. The molecule has 2 aromatic carbocycles. The minimum absolute atomic E-state index is 0.0203. The number of aromatic nitrogens is 1. The molecule has 5 N–H and O–H groups in total. The van der Waals surface area contributed by atoms with E-state index in [1.807, 2.05) is 32.0 Å². The van der Waals surface area contributed by atoms with E-state index < -0.39 is 60.1 Å². The fraction of sp³-hybridized carbons (Fsp3) is 0.441. The number of carboxylic acids is 1. The first-order chi connectivity index (χ1) is 22.8. The lowest BCUT2D eigenvalue weighted by molar-refractivity contribution is -0.134. The third kappa shape index (κ3) is 9.59. The molecule has 1 aromatic heterocycles. The molecule has 1 saturated heterocycles. The molecular weight excluding hydrogens is 638 g/mol. The summed E-state index contributed by atoms with van der Waals surface area (Å²) in [5, 5.41) is 20.3. The van der Waals surface area contributed by atoms with Crippen LogP contribution >= 0.6 is 11.3 Å². The number of fused-ring (bicyclic) bond motifs is 1. The number of nitrogens with one attached hydrogen (secondary N) is 4. The van der Waals surface area contributed by atoms with E-state index in [1.54, 1.807) is 19.9 Å². The Morgan fingerprint density at radius 2 is 1.65 bits per heavy atom. The van der Waals surface area contributed by atoms with Gasteiger partial charge in [-0.1, -0.05) is 39.8 Å². The topological polar surface area (TPSA) is 193 Å². The minimum Gasteiger partial charge on any atom is -0.484 e. The van der Waals surface area contributed by atoms with E-state index in [0.717, 1.165) is 4.70 Å². The number of rotatable bonds is 16. The zero-order chi connectivity index (χ0) is 35.0. The van der Waals surface area contributed by atoms with Crippen LogP contribution in [0.25, 0.3) is 10.2 Å². The summed E-state index contributed by atoms with van der Waals surface area (Å²) in [6.07, 6.45) is 0.855. The largest absolute Gasteiger partial charge is 0.484 e. The maximum atomic E-state index is 13.8. The standard InChI is InChI=1S/C34H41N5O8S/c1-18(2)15-25(37-32(44)28(19(3)4)39-27(40)17-47-22-11-9-20(10-12-22)34(45)46)31(43)36-24(16-21-13-14-35-30(21)42)29(41)33-38-23-7-5-6-8-26(23)48-33/h5-12,18-19,21,24-25,28H,13-17H2,1-4H3,(H,35,42)(H,36,43)(H,37,44)(H,39,40)(H,45,46)/t21-,24-,25-,28-/m0/s1. The number of carbonyl (C=O) groups is 6. The molecule has 1 aliphatic rings. The molecule has 4 atom stereocenters. The van der Waals surface area contributed by atoms with Crippen molar-refractivity contribution < 1.29 is 38.6 Å². The van der Waals surface area contributed by atoms with Gasteiger partial charge in [0, 0.05) is 12.5 Å². The zero-order valence-corrected chi connectivity index (χ0v) is 28.1. The monoisotopic (exact) mass is 679 g/mol. The van der Waals surface area contributed by atoms with Gasteiger partial charge < -0.3 is 31.1 Å². The van der Waals surface area contributed by atoms with Crippen molar-refractivity contribution in [2.24, 2.45) is 17.8 Å². The molecule has 0 aliphatic carbocycles. The summed E-state index contributed by atoms with van der Waals surface area (Å²) in [4.78, 5) is 81.8. The molecule has 0 bridgehead atoms. The predicted molar refractivity (Wildman–Crippen MR) is 179 cm³/mol. The Balaban J connectivity index is 1.45. The average molecular weight is 680 g/mol. The van der Waals surface area contributed by atoms with Crippen LogP contribution < -0.4 is 26.0 Å². The van der Waals surface area contributed by atoms with Gasteiger partial charge in [0.2, 0.25) is 23.5 Å². The van der Waals surface area contributed by atoms with Crippen LogP contribution in [0.1, 0.15) is 67.1 Å². The molecule has 48 heavy (non-hydrogen) atoms. The van der Waals surface area contributed by atoms with Crippen LogP contribution in [0.2, 0.25) is 0 Å². The molecule has 0 unspecified atom stereocenters. The van der Waals surface area contributed by atoms with E-state index in [4.69, 9.17) is 9.84 Å². The number of thiazole rings is 1. The quantitative estimate of drug-likeness (QED) is 0.142. The van der Waals surface area contributed by atoms with Crippen molar-refractivity contribution in [3.63, 3.8) is 0 Å². The van der Waals surface area contributed by atoms with Crippen LogP contribution in [0.15, 0.2) is 48.5 Å². The van der Waals surface area contributed by atoms with Gasteiger partial charge in [-0.15, -0.1) is 11.3 Å². The zero-order valence-electron chi connectivity index (χ0n) is 27.3. The van der Waals surface area contributed by atoms with Gasteiger partial charge in [0.15, 0.2) is 11.6 Å². The first kappa shape index (κ1) is 36.0. The first-order valence-corrected chi connectivity index (χ1v) is 16.7. The number of hydrogen-bond donors (Lipinski definition) is 5. The lowest BCUT2D eigenvalue weighted by atomic mass is 9.94. The number of amides is 4. The summed E-state index contributed by atoms with van der Waals surface area (Å²) in [5.74, 6) is -4.03. The second-order valence-corrected chi connectivity index (χ2v) is 13.6. The second-order valence-electron chi connectivity index (χ2n) is 12.5. The minimum atomic E-state index is -1.09. The van der Waals surface area contributed by atoms with E-state index in [-0.39, 0.29) is 46.9 Å². The number of Topliss-reactive ketones (excluding diaryl/α,β-unsaturated/α-hetero) is 1. The van der Waals surface area contributed by atoms with Crippen molar-refractivity contribution in [2.45, 2.75) is 65.1 Å². The number of carboxylic acid groups (broad SMARTS) is 1. The highest BCUT2D eigenvalue weighted by Gasteiger charge is 2.36. The predicted octanol–water partition coefficient (Wildman–Crippen LogP) is 2.94. The first-order valence-electron chi connectivity index (χ1n) is 15.9. The van der Waals surface area contributed by atoms with E-state index in [1.165, 1.54) is 35.6 Å². The summed E-state index contributed by atoms with van der Waals surface area (Å²) in [5.41, 5.74) is 0.725. The van der Waals surface area contributed by atoms with Crippen LogP contribution in [0, 0.1) is 17.8 Å². The molecule has 1 fully saturated rings. The van der Waals surface area contributed by atoms with E-state index in [0.29, 0.717) is 18.5 Å². The molecule has 4 rings (SSSR count). The van der Waals surface area contributed by atoms with Gasteiger partial charge in [-0.05, 0) is 67.5 Å². The van der Waals surface area contributed by atoms with Gasteiger partial charge in [0.05, 0.1) is 21.8 Å². The molecule has 4 amide bonds. The average Bonchev–Trinajstić information content (AvgIpc) is 3.67. The summed E-state index contributed by atoms with van der Waals surface area (Å²) >= 11 is 1.21. The van der Waals surface area contributed by atoms with Crippen LogP contribution in [-0.2, 0) is 19.2 Å².